The van der Waals surface area contributed by atoms with Crippen LogP contribution < -0.4 is 5.73 Å². The van der Waals surface area contributed by atoms with Gasteiger partial charge in [0.2, 0.25) is 0 Å². The maximum absolute atomic E-state index is 13.7. The molecule has 1 aromatic carbocycles. The normalized spacial score (nSPS) is 24.4. The van der Waals surface area contributed by atoms with Gasteiger partial charge < -0.3 is 5.73 Å². The van der Waals surface area contributed by atoms with E-state index in [1.807, 2.05) is 0 Å². The van der Waals surface area contributed by atoms with Gasteiger partial charge in [0.1, 0.15) is 5.82 Å². The molecular formula is C15H23FN2. The summed E-state index contributed by atoms with van der Waals surface area (Å²) in [4.78, 5) is 2.25. The minimum absolute atomic E-state index is 0.189. The molecule has 2 nitrogen and oxygen atoms in total. The number of rotatable bonds is 3. The first-order valence-corrected chi connectivity index (χ1v) is 6.81. The largest absolute Gasteiger partial charge is 0.398 e. The number of hydrogen-bond donors (Lipinski definition) is 1. The monoisotopic (exact) mass is 250 g/mol. The highest BCUT2D eigenvalue weighted by Gasteiger charge is 2.23. The Bertz CT molecular complexity index is 385. The van der Waals surface area contributed by atoms with Gasteiger partial charge in [0.05, 0.1) is 0 Å². The summed E-state index contributed by atoms with van der Waals surface area (Å²) in [5.41, 5.74) is 7.06. The Kier molecular flexibility index (Phi) is 4.23. The lowest BCUT2D eigenvalue weighted by Crippen LogP contribution is -2.35. The first-order valence-electron chi connectivity index (χ1n) is 6.81. The molecule has 1 aliphatic carbocycles. The zero-order chi connectivity index (χ0) is 13.1. The van der Waals surface area contributed by atoms with Crippen molar-refractivity contribution < 1.29 is 4.39 Å². The Morgan fingerprint density at radius 2 is 2.17 bits per heavy atom. The Labute approximate surface area is 109 Å². The molecule has 1 aliphatic rings. The molecule has 0 radical (unpaired) electrons. The van der Waals surface area contributed by atoms with Gasteiger partial charge >= 0.3 is 0 Å². The quantitative estimate of drug-likeness (QED) is 0.833. The van der Waals surface area contributed by atoms with Crippen molar-refractivity contribution in [2.75, 3.05) is 12.8 Å². The summed E-state index contributed by atoms with van der Waals surface area (Å²) < 4.78 is 13.7. The number of nitrogen functional groups attached to an aromatic ring is 1. The van der Waals surface area contributed by atoms with Crippen molar-refractivity contribution in [3.63, 3.8) is 0 Å². The molecule has 0 aliphatic heterocycles. The highest BCUT2D eigenvalue weighted by atomic mass is 19.1. The second-order valence-electron chi connectivity index (χ2n) is 5.65. The topological polar surface area (TPSA) is 29.3 Å². The number of nitrogens with two attached hydrogens (primary N) is 1. The molecule has 100 valence electrons. The maximum atomic E-state index is 13.7. The molecule has 18 heavy (non-hydrogen) atoms. The van der Waals surface area contributed by atoms with Crippen LogP contribution in [-0.4, -0.2) is 18.0 Å². The van der Waals surface area contributed by atoms with Crippen molar-refractivity contribution in [2.45, 2.75) is 45.2 Å². The summed E-state index contributed by atoms with van der Waals surface area (Å²) in [5.74, 6) is 0.592. The number of hydrogen-bond acceptors (Lipinski definition) is 2. The van der Waals surface area contributed by atoms with Gasteiger partial charge in [-0.3, -0.25) is 4.90 Å². The second-order valence-corrected chi connectivity index (χ2v) is 5.65. The summed E-state index contributed by atoms with van der Waals surface area (Å²) in [7, 11) is 2.08. The van der Waals surface area contributed by atoms with Gasteiger partial charge in [-0.15, -0.1) is 0 Å². The van der Waals surface area contributed by atoms with Crippen LogP contribution in [0.5, 0.6) is 0 Å². The van der Waals surface area contributed by atoms with E-state index in [-0.39, 0.29) is 5.82 Å². The molecule has 0 saturated heterocycles. The molecule has 2 rings (SSSR count). The summed E-state index contributed by atoms with van der Waals surface area (Å²) in [6.07, 6.45) is 5.04. The molecule has 0 amide bonds. The van der Waals surface area contributed by atoms with Gasteiger partial charge in [-0.05, 0) is 37.9 Å². The van der Waals surface area contributed by atoms with Gasteiger partial charge in [0, 0.05) is 23.8 Å². The fourth-order valence-corrected chi connectivity index (χ4v) is 2.92. The smallest absolute Gasteiger partial charge is 0.129 e. The van der Waals surface area contributed by atoms with Crippen molar-refractivity contribution in [2.24, 2.45) is 5.92 Å². The standard InChI is InChI=1S/C15H23FN2/c1-11-5-3-6-12(9-11)18(2)10-13-14(16)7-4-8-15(13)17/h4,7-8,11-12H,3,5-6,9-10,17H2,1-2H3. The number of benzene rings is 1. The second kappa shape index (κ2) is 5.70. The molecule has 1 fully saturated rings. The molecule has 1 saturated carbocycles. The molecule has 0 bridgehead atoms. The predicted octanol–water partition coefficient (Wildman–Crippen LogP) is 3.42. The molecule has 0 spiro atoms. The van der Waals surface area contributed by atoms with Crippen LogP contribution in [0.3, 0.4) is 0 Å². The van der Waals surface area contributed by atoms with Crippen molar-refractivity contribution in [3.05, 3.63) is 29.6 Å². The van der Waals surface area contributed by atoms with Gasteiger partial charge in [-0.1, -0.05) is 25.8 Å². The van der Waals surface area contributed by atoms with Crippen molar-refractivity contribution in [1.29, 1.82) is 0 Å². The van der Waals surface area contributed by atoms with E-state index >= 15 is 0 Å². The van der Waals surface area contributed by atoms with Crippen LogP contribution in [0.2, 0.25) is 0 Å². The van der Waals surface area contributed by atoms with E-state index in [2.05, 4.69) is 18.9 Å². The fourth-order valence-electron chi connectivity index (χ4n) is 2.92. The van der Waals surface area contributed by atoms with Crippen LogP contribution in [0.15, 0.2) is 18.2 Å². The average Bonchev–Trinajstić information content (AvgIpc) is 2.34. The minimum Gasteiger partial charge on any atom is -0.398 e. The van der Waals surface area contributed by atoms with Crippen LogP contribution in [0.4, 0.5) is 10.1 Å². The first-order chi connectivity index (χ1) is 8.58. The molecular weight excluding hydrogens is 227 g/mol. The number of nitrogens with zero attached hydrogens (tertiary/aromatic N) is 1. The third kappa shape index (κ3) is 3.02. The highest BCUT2D eigenvalue weighted by Crippen LogP contribution is 2.28. The first kappa shape index (κ1) is 13.3. The van der Waals surface area contributed by atoms with E-state index in [0.717, 1.165) is 5.92 Å². The molecule has 3 heteroatoms. The summed E-state index contributed by atoms with van der Waals surface area (Å²) >= 11 is 0. The SMILES string of the molecule is CC1CCCC(N(C)Cc2c(N)cccc2F)C1. The zero-order valence-corrected chi connectivity index (χ0v) is 11.3. The van der Waals surface area contributed by atoms with Crippen LogP contribution in [-0.2, 0) is 6.54 Å². The summed E-state index contributed by atoms with van der Waals surface area (Å²) in [6.45, 7) is 2.91. The Hall–Kier alpha value is -1.09. The lowest BCUT2D eigenvalue weighted by molar-refractivity contribution is 0.156. The third-order valence-electron chi connectivity index (χ3n) is 4.09. The Morgan fingerprint density at radius 3 is 2.83 bits per heavy atom. The molecule has 2 unspecified atom stereocenters. The van der Waals surface area contributed by atoms with E-state index in [4.69, 9.17) is 5.73 Å². The fraction of sp³-hybridized carbons (Fsp3) is 0.600. The molecule has 0 aromatic heterocycles. The minimum atomic E-state index is -0.189. The Balaban J connectivity index is 2.04. The summed E-state index contributed by atoms with van der Waals surface area (Å²) in [6, 6.07) is 5.49. The molecule has 2 atom stereocenters. The van der Waals surface area contributed by atoms with Crippen molar-refractivity contribution in [1.82, 2.24) is 4.90 Å². The highest BCUT2D eigenvalue weighted by molar-refractivity contribution is 5.47. The summed E-state index contributed by atoms with van der Waals surface area (Å²) in [5, 5.41) is 0. The van der Waals surface area contributed by atoms with Gasteiger partial charge in [0.25, 0.3) is 0 Å². The lowest BCUT2D eigenvalue weighted by atomic mass is 9.86. The average molecular weight is 250 g/mol. The molecule has 0 heterocycles. The Morgan fingerprint density at radius 1 is 1.39 bits per heavy atom. The molecule has 2 N–H and O–H groups in total. The van der Waals surface area contributed by atoms with Crippen LogP contribution in [0.1, 0.15) is 38.2 Å². The predicted molar refractivity (Wildman–Crippen MR) is 73.7 cm³/mol. The molecule has 1 aromatic rings. The van der Waals surface area contributed by atoms with E-state index in [1.165, 1.54) is 31.7 Å². The maximum Gasteiger partial charge on any atom is 0.129 e. The van der Waals surface area contributed by atoms with E-state index in [1.54, 1.807) is 12.1 Å². The van der Waals surface area contributed by atoms with Crippen LogP contribution in [0.25, 0.3) is 0 Å². The van der Waals surface area contributed by atoms with Gasteiger partial charge in [-0.25, -0.2) is 4.39 Å². The van der Waals surface area contributed by atoms with Gasteiger partial charge in [0.15, 0.2) is 0 Å². The van der Waals surface area contributed by atoms with Crippen LogP contribution in [0, 0.1) is 11.7 Å². The van der Waals surface area contributed by atoms with E-state index in [0.29, 0.717) is 23.8 Å². The van der Waals surface area contributed by atoms with Gasteiger partial charge in [-0.2, -0.15) is 0 Å². The van der Waals surface area contributed by atoms with Crippen LogP contribution >= 0.6 is 0 Å². The van der Waals surface area contributed by atoms with Crippen molar-refractivity contribution >= 4 is 5.69 Å². The van der Waals surface area contributed by atoms with E-state index < -0.39 is 0 Å². The lowest BCUT2D eigenvalue weighted by Gasteiger charge is -2.34. The number of anilines is 1. The third-order valence-corrected chi connectivity index (χ3v) is 4.09. The number of halogens is 1. The van der Waals surface area contributed by atoms with E-state index in [9.17, 15) is 4.39 Å². The zero-order valence-electron chi connectivity index (χ0n) is 11.3. The van der Waals surface area contributed by atoms with Crippen molar-refractivity contribution in [3.8, 4) is 0 Å².